The molecule has 5 rings (SSSR count). The first kappa shape index (κ1) is 20.9. The number of nitrogens with zero attached hydrogens (tertiary/aromatic N) is 6. The first-order valence-electron chi connectivity index (χ1n) is 11.2. The molecule has 0 atom stereocenters. The molecule has 5 aromatic rings. The summed E-state index contributed by atoms with van der Waals surface area (Å²) in [7, 11) is 0. The van der Waals surface area contributed by atoms with Gasteiger partial charge in [0.1, 0.15) is 11.0 Å². The van der Waals surface area contributed by atoms with Gasteiger partial charge in [-0.15, -0.1) is 0 Å². The van der Waals surface area contributed by atoms with Crippen LogP contribution in [0.5, 0.6) is 5.88 Å². The van der Waals surface area contributed by atoms with Crippen molar-refractivity contribution in [1.82, 2.24) is 29.4 Å². The fourth-order valence-corrected chi connectivity index (χ4v) is 4.12. The van der Waals surface area contributed by atoms with Crippen molar-refractivity contribution in [2.75, 3.05) is 11.9 Å². The quantitative estimate of drug-likeness (QED) is 0.381. The van der Waals surface area contributed by atoms with E-state index in [2.05, 4.69) is 41.4 Å². The molecule has 8 nitrogen and oxygen atoms in total. The summed E-state index contributed by atoms with van der Waals surface area (Å²) >= 11 is 0. The minimum absolute atomic E-state index is 0.199. The van der Waals surface area contributed by atoms with Crippen LogP contribution in [0.3, 0.4) is 0 Å². The van der Waals surface area contributed by atoms with Gasteiger partial charge in [-0.1, -0.05) is 6.07 Å². The number of rotatable bonds is 7. The number of aryl methyl sites for hydroxylation is 1. The summed E-state index contributed by atoms with van der Waals surface area (Å²) < 4.78 is 9.71. The SMILES string of the molecule is CCOc1ncccc1-c1cc(NCc2cccn3nccc23)c2c(n1)c(C)nn2C(C)C. The smallest absolute Gasteiger partial charge is 0.222 e. The number of anilines is 1. The highest BCUT2D eigenvalue weighted by atomic mass is 16.5. The summed E-state index contributed by atoms with van der Waals surface area (Å²) in [5, 5.41) is 12.8. The van der Waals surface area contributed by atoms with Gasteiger partial charge in [-0.05, 0) is 63.6 Å². The Balaban J connectivity index is 1.65. The van der Waals surface area contributed by atoms with Crippen molar-refractivity contribution in [2.24, 2.45) is 0 Å². The molecule has 0 aliphatic rings. The van der Waals surface area contributed by atoms with E-state index >= 15 is 0 Å². The van der Waals surface area contributed by atoms with Gasteiger partial charge in [0.05, 0.1) is 34.8 Å². The molecule has 168 valence electrons. The molecule has 0 bridgehead atoms. The summed E-state index contributed by atoms with van der Waals surface area (Å²) in [5.41, 5.74) is 7.63. The summed E-state index contributed by atoms with van der Waals surface area (Å²) in [4.78, 5) is 9.41. The molecule has 0 spiro atoms. The average Bonchev–Trinajstić information content (AvgIpc) is 3.43. The Morgan fingerprint density at radius 2 is 2.00 bits per heavy atom. The van der Waals surface area contributed by atoms with Crippen molar-refractivity contribution in [3.05, 3.63) is 66.2 Å². The van der Waals surface area contributed by atoms with E-state index in [1.165, 1.54) is 0 Å². The molecule has 0 fully saturated rings. The normalized spacial score (nSPS) is 11.5. The molecule has 0 aliphatic carbocycles. The molecule has 0 aliphatic heterocycles. The molecule has 5 aromatic heterocycles. The van der Waals surface area contributed by atoms with Crippen molar-refractivity contribution < 1.29 is 4.74 Å². The lowest BCUT2D eigenvalue weighted by Crippen LogP contribution is -2.08. The van der Waals surface area contributed by atoms with Crippen LogP contribution in [-0.4, -0.2) is 36.0 Å². The van der Waals surface area contributed by atoms with Gasteiger partial charge in [-0.25, -0.2) is 14.5 Å². The maximum atomic E-state index is 5.78. The number of fused-ring (bicyclic) bond motifs is 2. The van der Waals surface area contributed by atoms with Gasteiger partial charge >= 0.3 is 0 Å². The van der Waals surface area contributed by atoms with Crippen LogP contribution in [0.1, 0.15) is 38.1 Å². The number of ether oxygens (including phenoxy) is 1. The van der Waals surface area contributed by atoms with Crippen molar-refractivity contribution in [3.63, 3.8) is 0 Å². The maximum absolute atomic E-state index is 5.78. The van der Waals surface area contributed by atoms with E-state index in [1.807, 2.05) is 59.7 Å². The minimum Gasteiger partial charge on any atom is -0.477 e. The third-order valence-corrected chi connectivity index (χ3v) is 5.63. The first-order chi connectivity index (χ1) is 16.1. The van der Waals surface area contributed by atoms with Crippen LogP contribution in [0, 0.1) is 6.92 Å². The highest BCUT2D eigenvalue weighted by Gasteiger charge is 2.19. The number of aromatic nitrogens is 6. The summed E-state index contributed by atoms with van der Waals surface area (Å²) in [5.74, 6) is 0.579. The number of hydrogen-bond donors (Lipinski definition) is 1. The Morgan fingerprint density at radius 3 is 2.82 bits per heavy atom. The van der Waals surface area contributed by atoms with E-state index in [9.17, 15) is 0 Å². The Kier molecular flexibility index (Phi) is 5.42. The Morgan fingerprint density at radius 1 is 1.12 bits per heavy atom. The van der Waals surface area contributed by atoms with Crippen LogP contribution in [-0.2, 0) is 6.54 Å². The lowest BCUT2D eigenvalue weighted by atomic mass is 10.1. The molecule has 1 N–H and O–H groups in total. The second-order valence-electron chi connectivity index (χ2n) is 8.21. The van der Waals surface area contributed by atoms with Gasteiger partial charge < -0.3 is 10.1 Å². The van der Waals surface area contributed by atoms with Gasteiger partial charge in [-0.2, -0.15) is 10.2 Å². The monoisotopic (exact) mass is 441 g/mol. The third kappa shape index (κ3) is 3.77. The van der Waals surface area contributed by atoms with Gasteiger partial charge in [0.2, 0.25) is 5.88 Å². The average molecular weight is 442 g/mol. The van der Waals surface area contributed by atoms with E-state index in [4.69, 9.17) is 14.8 Å². The highest BCUT2D eigenvalue weighted by molar-refractivity contribution is 5.93. The molecule has 0 unspecified atom stereocenters. The fourth-order valence-electron chi connectivity index (χ4n) is 4.12. The molecular formula is C25H27N7O. The van der Waals surface area contributed by atoms with Gasteiger partial charge in [0, 0.05) is 31.2 Å². The van der Waals surface area contributed by atoms with Gasteiger partial charge in [-0.3, -0.25) is 4.68 Å². The van der Waals surface area contributed by atoms with Crippen molar-refractivity contribution in [1.29, 1.82) is 0 Å². The van der Waals surface area contributed by atoms with E-state index in [1.54, 1.807) is 6.20 Å². The van der Waals surface area contributed by atoms with E-state index in [0.717, 1.165) is 44.8 Å². The fraction of sp³-hybridized carbons (Fsp3) is 0.280. The summed E-state index contributed by atoms with van der Waals surface area (Å²) in [6.07, 6.45) is 5.51. The molecule has 0 saturated heterocycles. The number of hydrogen-bond acceptors (Lipinski definition) is 6. The van der Waals surface area contributed by atoms with Crippen LogP contribution in [0.4, 0.5) is 5.69 Å². The summed E-state index contributed by atoms with van der Waals surface area (Å²) in [6, 6.07) is 12.3. The number of pyridine rings is 3. The van der Waals surface area contributed by atoms with Crippen LogP contribution in [0.15, 0.2) is 55.0 Å². The van der Waals surface area contributed by atoms with E-state index < -0.39 is 0 Å². The zero-order valence-corrected chi connectivity index (χ0v) is 19.3. The van der Waals surface area contributed by atoms with Crippen molar-refractivity contribution in [3.8, 4) is 17.1 Å². The second-order valence-corrected chi connectivity index (χ2v) is 8.21. The van der Waals surface area contributed by atoms with Gasteiger partial charge in [0.15, 0.2) is 0 Å². The van der Waals surface area contributed by atoms with Crippen LogP contribution < -0.4 is 10.1 Å². The third-order valence-electron chi connectivity index (χ3n) is 5.63. The molecule has 0 amide bonds. The Labute approximate surface area is 192 Å². The zero-order valence-electron chi connectivity index (χ0n) is 19.3. The number of nitrogens with one attached hydrogen (secondary N) is 1. The highest BCUT2D eigenvalue weighted by Crippen LogP contribution is 2.34. The molecule has 33 heavy (non-hydrogen) atoms. The molecular weight excluding hydrogens is 414 g/mol. The van der Waals surface area contributed by atoms with Crippen LogP contribution in [0.25, 0.3) is 27.8 Å². The van der Waals surface area contributed by atoms with E-state index in [0.29, 0.717) is 19.0 Å². The lowest BCUT2D eigenvalue weighted by molar-refractivity contribution is 0.328. The van der Waals surface area contributed by atoms with Crippen molar-refractivity contribution in [2.45, 2.75) is 40.3 Å². The first-order valence-corrected chi connectivity index (χ1v) is 11.2. The van der Waals surface area contributed by atoms with Crippen molar-refractivity contribution >= 4 is 22.2 Å². The molecule has 0 saturated carbocycles. The Bertz CT molecular complexity index is 1430. The predicted molar refractivity (Wildman–Crippen MR) is 130 cm³/mol. The lowest BCUT2D eigenvalue weighted by Gasteiger charge is -2.15. The second kappa shape index (κ2) is 8.54. The van der Waals surface area contributed by atoms with Crippen LogP contribution in [0.2, 0.25) is 0 Å². The van der Waals surface area contributed by atoms with E-state index in [-0.39, 0.29) is 6.04 Å². The predicted octanol–water partition coefficient (Wildman–Crippen LogP) is 5.04. The Hall–Kier alpha value is -3.94. The molecule has 0 aromatic carbocycles. The molecule has 8 heteroatoms. The largest absolute Gasteiger partial charge is 0.477 e. The minimum atomic E-state index is 0.199. The standard InChI is InChI=1S/C25H27N7O/c1-5-33-25-19(9-6-11-26-25)20-14-21(24-23(29-20)17(4)30-32(24)16(2)3)27-15-18-8-7-13-31-22(18)10-12-28-31/h6-14,16H,5,15H2,1-4H3,(H,27,29). The topological polar surface area (TPSA) is 82.2 Å². The molecule has 5 heterocycles. The maximum Gasteiger partial charge on any atom is 0.222 e. The van der Waals surface area contributed by atoms with Crippen LogP contribution >= 0.6 is 0 Å². The molecule has 0 radical (unpaired) electrons. The van der Waals surface area contributed by atoms with Gasteiger partial charge in [0.25, 0.3) is 0 Å². The summed E-state index contributed by atoms with van der Waals surface area (Å²) in [6.45, 7) is 9.40. The zero-order chi connectivity index (χ0) is 22.9.